The van der Waals surface area contributed by atoms with Crippen LogP contribution in [-0.2, 0) is 11.2 Å². The van der Waals surface area contributed by atoms with Crippen molar-refractivity contribution in [1.82, 2.24) is 0 Å². The van der Waals surface area contributed by atoms with E-state index in [1.165, 1.54) is 63.4 Å². The van der Waals surface area contributed by atoms with Crippen molar-refractivity contribution < 1.29 is 9.90 Å². The summed E-state index contributed by atoms with van der Waals surface area (Å²) in [6, 6.07) is 10.7. The summed E-state index contributed by atoms with van der Waals surface area (Å²) in [5, 5.41) is 8.71. The number of carbonyl (C=O) groups is 1. The zero-order valence-electron chi connectivity index (χ0n) is 14.4. The average Bonchev–Trinajstić information content (AvgIpc) is 2.56. The fourth-order valence-corrected chi connectivity index (χ4v) is 2.83. The summed E-state index contributed by atoms with van der Waals surface area (Å²) < 4.78 is 0. The second-order valence-corrected chi connectivity index (χ2v) is 6.43. The molecule has 1 aromatic rings. The zero-order chi connectivity index (χ0) is 16.8. The number of carboxylic acid groups (broad SMARTS) is 1. The second kappa shape index (κ2) is 12.9. The van der Waals surface area contributed by atoms with Gasteiger partial charge in [0.15, 0.2) is 0 Å². The van der Waals surface area contributed by atoms with Gasteiger partial charge in [-0.05, 0) is 31.2 Å². The lowest BCUT2D eigenvalue weighted by molar-refractivity contribution is -0.132. The summed E-state index contributed by atoms with van der Waals surface area (Å²) in [4.78, 5) is 10.6. The van der Waals surface area contributed by atoms with E-state index in [-0.39, 0.29) is 0 Å². The Morgan fingerprint density at radius 3 is 1.78 bits per heavy atom. The molecule has 0 aliphatic heterocycles. The Morgan fingerprint density at radius 1 is 0.783 bits per heavy atom. The molecule has 1 aromatic carbocycles. The van der Waals surface area contributed by atoms with Crippen molar-refractivity contribution in [2.45, 2.75) is 77.0 Å². The summed E-state index contributed by atoms with van der Waals surface area (Å²) in [6.45, 7) is 3.56. The van der Waals surface area contributed by atoms with E-state index < -0.39 is 5.97 Å². The molecule has 0 saturated carbocycles. The lowest BCUT2D eigenvalue weighted by Crippen LogP contribution is -1.98. The van der Waals surface area contributed by atoms with Crippen LogP contribution in [-0.4, -0.2) is 11.1 Å². The molecule has 0 unspecified atom stereocenters. The highest BCUT2D eigenvalue weighted by Gasteiger charge is 2.02. The molecule has 0 aliphatic carbocycles. The number of aliphatic carboxylic acids is 1. The van der Waals surface area contributed by atoms with Crippen molar-refractivity contribution in [1.29, 1.82) is 0 Å². The standard InChI is InChI=1S/C21H32O2/c1-19(21(22)23)15-11-8-6-4-2-3-5-7-9-12-16-20-17-13-10-14-18-20/h10,13-14,17-18H,1-9,11-12,15-16H2,(H,22,23). The van der Waals surface area contributed by atoms with Crippen LogP contribution in [0, 0.1) is 0 Å². The highest BCUT2D eigenvalue weighted by molar-refractivity contribution is 5.85. The Bertz CT molecular complexity index is 436. The van der Waals surface area contributed by atoms with Gasteiger partial charge in [-0.1, -0.05) is 88.3 Å². The minimum Gasteiger partial charge on any atom is -0.478 e. The van der Waals surface area contributed by atoms with Crippen LogP contribution in [0.15, 0.2) is 42.5 Å². The highest BCUT2D eigenvalue weighted by Crippen LogP contribution is 2.14. The van der Waals surface area contributed by atoms with E-state index in [2.05, 4.69) is 36.9 Å². The van der Waals surface area contributed by atoms with Gasteiger partial charge in [0, 0.05) is 5.57 Å². The molecule has 0 aliphatic rings. The van der Waals surface area contributed by atoms with Crippen molar-refractivity contribution in [3.8, 4) is 0 Å². The van der Waals surface area contributed by atoms with Gasteiger partial charge in [0.25, 0.3) is 0 Å². The van der Waals surface area contributed by atoms with Crippen LogP contribution in [0.25, 0.3) is 0 Å². The predicted octanol–water partition coefficient (Wildman–Crippen LogP) is 6.16. The minimum absolute atomic E-state index is 0.348. The highest BCUT2D eigenvalue weighted by atomic mass is 16.4. The van der Waals surface area contributed by atoms with Crippen LogP contribution in [0.2, 0.25) is 0 Å². The van der Waals surface area contributed by atoms with E-state index in [4.69, 9.17) is 5.11 Å². The fraction of sp³-hybridized carbons (Fsp3) is 0.571. The third-order valence-electron chi connectivity index (χ3n) is 4.34. The molecule has 23 heavy (non-hydrogen) atoms. The number of unbranched alkanes of at least 4 members (excludes halogenated alkanes) is 9. The fourth-order valence-electron chi connectivity index (χ4n) is 2.83. The van der Waals surface area contributed by atoms with Gasteiger partial charge in [-0.15, -0.1) is 0 Å². The summed E-state index contributed by atoms with van der Waals surface area (Å²) in [6.07, 6.45) is 14.4. The van der Waals surface area contributed by atoms with Crippen LogP contribution in [0.4, 0.5) is 0 Å². The van der Waals surface area contributed by atoms with Crippen LogP contribution in [0.1, 0.15) is 76.2 Å². The Labute approximate surface area is 141 Å². The zero-order valence-corrected chi connectivity index (χ0v) is 14.4. The van der Waals surface area contributed by atoms with Crippen molar-refractivity contribution >= 4 is 5.97 Å². The Hall–Kier alpha value is -1.57. The number of aryl methyl sites for hydroxylation is 1. The third kappa shape index (κ3) is 10.7. The number of hydrogen-bond donors (Lipinski definition) is 1. The smallest absolute Gasteiger partial charge is 0.330 e. The van der Waals surface area contributed by atoms with E-state index >= 15 is 0 Å². The van der Waals surface area contributed by atoms with Crippen molar-refractivity contribution in [2.24, 2.45) is 0 Å². The molecule has 0 radical (unpaired) electrons. The van der Waals surface area contributed by atoms with Crippen LogP contribution >= 0.6 is 0 Å². The molecular weight excluding hydrogens is 284 g/mol. The molecule has 0 amide bonds. The molecule has 2 nitrogen and oxygen atoms in total. The van der Waals surface area contributed by atoms with Gasteiger partial charge < -0.3 is 5.11 Å². The van der Waals surface area contributed by atoms with Gasteiger partial charge in [0.1, 0.15) is 0 Å². The molecule has 2 heteroatoms. The van der Waals surface area contributed by atoms with Gasteiger partial charge >= 0.3 is 5.97 Å². The van der Waals surface area contributed by atoms with Crippen molar-refractivity contribution in [3.63, 3.8) is 0 Å². The van der Waals surface area contributed by atoms with E-state index in [1.807, 2.05) is 0 Å². The summed E-state index contributed by atoms with van der Waals surface area (Å²) in [5.74, 6) is -0.850. The molecular formula is C21H32O2. The SMILES string of the molecule is C=C(CCCCCCCCCCCCc1ccccc1)C(=O)O. The molecule has 0 atom stereocenters. The molecule has 0 heterocycles. The van der Waals surface area contributed by atoms with Gasteiger partial charge in [0.2, 0.25) is 0 Å². The number of hydrogen-bond acceptors (Lipinski definition) is 1. The summed E-state index contributed by atoms with van der Waals surface area (Å²) in [7, 11) is 0. The Kier molecular flexibility index (Phi) is 10.9. The number of carboxylic acids is 1. The predicted molar refractivity (Wildman–Crippen MR) is 97.7 cm³/mol. The number of benzene rings is 1. The maximum absolute atomic E-state index is 10.6. The maximum atomic E-state index is 10.6. The summed E-state index contributed by atoms with van der Waals surface area (Å²) >= 11 is 0. The van der Waals surface area contributed by atoms with Crippen molar-refractivity contribution in [2.75, 3.05) is 0 Å². The molecule has 0 bridgehead atoms. The first kappa shape index (κ1) is 19.5. The van der Waals surface area contributed by atoms with Crippen LogP contribution in [0.5, 0.6) is 0 Å². The first-order valence-corrected chi connectivity index (χ1v) is 9.15. The van der Waals surface area contributed by atoms with Crippen LogP contribution in [0.3, 0.4) is 0 Å². The lowest BCUT2D eigenvalue weighted by atomic mass is 10.0. The maximum Gasteiger partial charge on any atom is 0.330 e. The number of rotatable bonds is 14. The minimum atomic E-state index is -0.850. The molecule has 128 valence electrons. The third-order valence-corrected chi connectivity index (χ3v) is 4.34. The topological polar surface area (TPSA) is 37.3 Å². The molecule has 0 fully saturated rings. The summed E-state index contributed by atoms with van der Waals surface area (Å²) in [5.41, 5.74) is 1.80. The largest absolute Gasteiger partial charge is 0.478 e. The quantitative estimate of drug-likeness (QED) is 0.329. The molecule has 1 N–H and O–H groups in total. The van der Waals surface area contributed by atoms with E-state index in [1.54, 1.807) is 0 Å². The van der Waals surface area contributed by atoms with E-state index in [0.717, 1.165) is 12.8 Å². The van der Waals surface area contributed by atoms with E-state index in [0.29, 0.717) is 12.0 Å². The molecule has 0 spiro atoms. The van der Waals surface area contributed by atoms with E-state index in [9.17, 15) is 4.79 Å². The normalized spacial score (nSPS) is 10.6. The lowest BCUT2D eigenvalue weighted by Gasteiger charge is -2.04. The Morgan fingerprint density at radius 2 is 1.26 bits per heavy atom. The van der Waals surface area contributed by atoms with Crippen molar-refractivity contribution in [3.05, 3.63) is 48.0 Å². The van der Waals surface area contributed by atoms with Gasteiger partial charge in [-0.3, -0.25) is 0 Å². The van der Waals surface area contributed by atoms with Gasteiger partial charge in [0.05, 0.1) is 0 Å². The second-order valence-electron chi connectivity index (χ2n) is 6.43. The van der Waals surface area contributed by atoms with Crippen LogP contribution < -0.4 is 0 Å². The molecule has 0 aromatic heterocycles. The Balaban J connectivity index is 1.80. The average molecular weight is 316 g/mol. The van der Waals surface area contributed by atoms with Gasteiger partial charge in [-0.25, -0.2) is 4.79 Å². The molecule has 1 rings (SSSR count). The molecule has 0 saturated heterocycles. The van der Waals surface area contributed by atoms with Gasteiger partial charge in [-0.2, -0.15) is 0 Å². The first-order chi connectivity index (χ1) is 11.2. The first-order valence-electron chi connectivity index (χ1n) is 9.15. The monoisotopic (exact) mass is 316 g/mol.